The average molecular weight is 351 g/mol. The van der Waals surface area contributed by atoms with Crippen LogP contribution in [0.5, 0.6) is 0 Å². The maximum absolute atomic E-state index is 13.2. The van der Waals surface area contributed by atoms with Gasteiger partial charge in [-0.15, -0.1) is 11.3 Å². The lowest BCUT2D eigenvalue weighted by Crippen LogP contribution is -2.34. The molecule has 1 aromatic carbocycles. The number of amides is 1. The van der Waals surface area contributed by atoms with E-state index in [0.717, 1.165) is 40.0 Å². The molecule has 1 aliphatic heterocycles. The Hall–Kier alpha value is -2.24. The van der Waals surface area contributed by atoms with Crippen molar-refractivity contribution in [1.29, 1.82) is 0 Å². The van der Waals surface area contributed by atoms with Crippen LogP contribution in [-0.2, 0) is 0 Å². The van der Waals surface area contributed by atoms with Crippen molar-refractivity contribution < 1.29 is 4.79 Å². The number of pyridine rings is 1. The number of hydrogen-bond donors (Lipinski definition) is 1. The van der Waals surface area contributed by atoms with Gasteiger partial charge in [0.15, 0.2) is 0 Å². The molecule has 4 rings (SSSR count). The molecule has 1 fully saturated rings. The summed E-state index contributed by atoms with van der Waals surface area (Å²) in [5, 5.41) is 2.94. The summed E-state index contributed by atoms with van der Waals surface area (Å²) < 4.78 is 0. The maximum atomic E-state index is 13.2. The molecule has 0 aliphatic carbocycles. The van der Waals surface area contributed by atoms with E-state index in [4.69, 9.17) is 10.7 Å². The number of thiophene rings is 1. The minimum Gasteiger partial charge on any atom is -0.338 e. The first-order valence-corrected chi connectivity index (χ1v) is 9.41. The second-order valence-corrected chi connectivity index (χ2v) is 7.99. The molecule has 0 saturated carbocycles. The molecule has 4 nitrogen and oxygen atoms in total. The smallest absolute Gasteiger partial charge is 0.254 e. The van der Waals surface area contributed by atoms with E-state index >= 15 is 0 Å². The number of carbonyl (C=O) groups is 1. The van der Waals surface area contributed by atoms with Crippen LogP contribution in [0.1, 0.15) is 23.7 Å². The Kier molecular flexibility index (Phi) is 4.06. The molecular formula is C20H21N3OS. The van der Waals surface area contributed by atoms with E-state index in [1.807, 2.05) is 52.7 Å². The lowest BCUT2D eigenvalue weighted by atomic mass is 9.90. The van der Waals surface area contributed by atoms with Crippen LogP contribution in [0.4, 0.5) is 0 Å². The fraction of sp³-hybridized carbons (Fsp3) is 0.300. The van der Waals surface area contributed by atoms with E-state index in [-0.39, 0.29) is 11.3 Å². The highest BCUT2D eigenvalue weighted by atomic mass is 32.1. The lowest BCUT2D eigenvalue weighted by molar-refractivity contribution is 0.0779. The summed E-state index contributed by atoms with van der Waals surface area (Å²) in [6.45, 7) is 4.24. The zero-order valence-electron chi connectivity index (χ0n) is 14.2. The van der Waals surface area contributed by atoms with Crippen molar-refractivity contribution in [3.63, 3.8) is 0 Å². The third-order valence-electron chi connectivity index (χ3n) is 5.06. The van der Waals surface area contributed by atoms with Gasteiger partial charge in [-0.05, 0) is 42.0 Å². The Balaban J connectivity index is 1.79. The van der Waals surface area contributed by atoms with Gasteiger partial charge in [0.05, 0.1) is 21.7 Å². The number of nitrogens with two attached hydrogens (primary N) is 1. The van der Waals surface area contributed by atoms with E-state index in [0.29, 0.717) is 13.1 Å². The second-order valence-electron chi connectivity index (χ2n) is 7.04. The van der Waals surface area contributed by atoms with E-state index in [9.17, 15) is 4.79 Å². The van der Waals surface area contributed by atoms with E-state index in [1.165, 1.54) is 0 Å². The largest absolute Gasteiger partial charge is 0.338 e. The van der Waals surface area contributed by atoms with Gasteiger partial charge in [-0.1, -0.05) is 31.2 Å². The van der Waals surface area contributed by atoms with Gasteiger partial charge >= 0.3 is 0 Å². The zero-order valence-corrected chi connectivity index (χ0v) is 15.1. The Bertz CT molecular complexity index is 922. The molecule has 0 bridgehead atoms. The number of para-hydroxylation sites is 1. The maximum Gasteiger partial charge on any atom is 0.254 e. The summed E-state index contributed by atoms with van der Waals surface area (Å²) in [5.41, 5.74) is 8.37. The Morgan fingerprint density at radius 3 is 2.88 bits per heavy atom. The molecule has 2 N–H and O–H groups in total. The third kappa shape index (κ3) is 2.94. The van der Waals surface area contributed by atoms with E-state index in [1.54, 1.807) is 11.3 Å². The van der Waals surface area contributed by atoms with Crippen molar-refractivity contribution >= 4 is 28.1 Å². The van der Waals surface area contributed by atoms with Crippen LogP contribution in [0.25, 0.3) is 21.5 Å². The number of rotatable bonds is 3. The number of likely N-dealkylation sites (tertiary alicyclic amines) is 1. The minimum absolute atomic E-state index is 0.0229. The quantitative estimate of drug-likeness (QED) is 0.781. The van der Waals surface area contributed by atoms with E-state index < -0.39 is 0 Å². The van der Waals surface area contributed by atoms with Crippen LogP contribution in [0.2, 0.25) is 0 Å². The second kappa shape index (κ2) is 6.24. The summed E-state index contributed by atoms with van der Waals surface area (Å²) in [5.74, 6) is 0.0774. The van der Waals surface area contributed by atoms with Gasteiger partial charge in [0, 0.05) is 18.5 Å². The molecule has 3 aromatic rings. The molecule has 1 amide bonds. The van der Waals surface area contributed by atoms with Crippen molar-refractivity contribution in [2.75, 3.05) is 19.6 Å². The van der Waals surface area contributed by atoms with Crippen LogP contribution in [0.15, 0.2) is 47.8 Å². The molecular weight excluding hydrogens is 330 g/mol. The number of carbonyl (C=O) groups excluding carboxylic acids is 1. The predicted molar refractivity (Wildman–Crippen MR) is 103 cm³/mol. The topological polar surface area (TPSA) is 59.2 Å². The van der Waals surface area contributed by atoms with Crippen LogP contribution in [0.3, 0.4) is 0 Å². The number of benzene rings is 1. The van der Waals surface area contributed by atoms with Crippen LogP contribution < -0.4 is 5.73 Å². The van der Waals surface area contributed by atoms with Gasteiger partial charge in [0.2, 0.25) is 0 Å². The first kappa shape index (κ1) is 16.2. The summed E-state index contributed by atoms with van der Waals surface area (Å²) >= 11 is 1.64. The molecule has 0 spiro atoms. The molecule has 1 unspecified atom stereocenters. The van der Waals surface area contributed by atoms with Crippen molar-refractivity contribution in [1.82, 2.24) is 9.88 Å². The number of aromatic nitrogens is 1. The highest BCUT2D eigenvalue weighted by Crippen LogP contribution is 2.32. The van der Waals surface area contributed by atoms with E-state index in [2.05, 4.69) is 6.92 Å². The molecule has 128 valence electrons. The van der Waals surface area contributed by atoms with Gasteiger partial charge < -0.3 is 10.6 Å². The van der Waals surface area contributed by atoms with Gasteiger partial charge in [0.25, 0.3) is 5.91 Å². The SMILES string of the molecule is CC1(CN)CCN(C(=O)c2cc(-c3cccs3)nc3ccccc23)C1. The first-order valence-electron chi connectivity index (χ1n) is 8.53. The predicted octanol–water partition coefficient (Wildman–Crippen LogP) is 3.77. The summed E-state index contributed by atoms with van der Waals surface area (Å²) in [6.07, 6.45) is 0.954. The van der Waals surface area contributed by atoms with Gasteiger partial charge in [-0.25, -0.2) is 4.98 Å². The van der Waals surface area contributed by atoms with Crippen molar-refractivity contribution in [3.05, 3.63) is 53.4 Å². The normalized spacial score (nSPS) is 20.3. The Morgan fingerprint density at radius 1 is 1.32 bits per heavy atom. The molecule has 5 heteroatoms. The zero-order chi connectivity index (χ0) is 17.4. The summed E-state index contributed by atoms with van der Waals surface area (Å²) in [6, 6.07) is 13.9. The molecule has 1 atom stereocenters. The minimum atomic E-state index is 0.0229. The average Bonchev–Trinajstić information content (AvgIpc) is 3.31. The van der Waals surface area contributed by atoms with Crippen LogP contribution in [0, 0.1) is 5.41 Å². The number of nitrogens with zero attached hydrogens (tertiary/aromatic N) is 2. The highest BCUT2D eigenvalue weighted by Gasteiger charge is 2.35. The molecule has 3 heterocycles. The third-order valence-corrected chi connectivity index (χ3v) is 5.95. The van der Waals surface area contributed by atoms with Gasteiger partial charge in [0.1, 0.15) is 0 Å². The fourth-order valence-corrected chi connectivity index (χ4v) is 4.12. The molecule has 1 saturated heterocycles. The van der Waals surface area contributed by atoms with Gasteiger partial charge in [-0.3, -0.25) is 4.79 Å². The Morgan fingerprint density at radius 2 is 2.16 bits per heavy atom. The van der Waals surface area contributed by atoms with Crippen LogP contribution >= 0.6 is 11.3 Å². The lowest BCUT2D eigenvalue weighted by Gasteiger charge is -2.23. The first-order chi connectivity index (χ1) is 12.1. The standard InChI is InChI=1S/C20H21N3OS/c1-20(12-21)8-9-23(13-20)19(24)15-11-17(18-7-4-10-25-18)22-16-6-3-2-5-14(15)16/h2-7,10-11H,8-9,12-13,21H2,1H3. The van der Waals surface area contributed by atoms with Crippen molar-refractivity contribution in [3.8, 4) is 10.6 Å². The summed E-state index contributed by atoms with van der Waals surface area (Å²) in [7, 11) is 0. The Labute approximate surface area is 151 Å². The molecule has 2 aromatic heterocycles. The monoisotopic (exact) mass is 351 g/mol. The molecule has 1 aliphatic rings. The summed E-state index contributed by atoms with van der Waals surface area (Å²) in [4.78, 5) is 21.0. The molecule has 25 heavy (non-hydrogen) atoms. The van der Waals surface area contributed by atoms with Crippen LogP contribution in [-0.4, -0.2) is 35.4 Å². The van der Waals surface area contributed by atoms with Crippen molar-refractivity contribution in [2.45, 2.75) is 13.3 Å². The fourth-order valence-electron chi connectivity index (χ4n) is 3.44. The number of fused-ring (bicyclic) bond motifs is 1. The molecule has 0 radical (unpaired) electrons. The highest BCUT2D eigenvalue weighted by molar-refractivity contribution is 7.13. The van der Waals surface area contributed by atoms with Crippen molar-refractivity contribution in [2.24, 2.45) is 11.1 Å². The number of hydrogen-bond acceptors (Lipinski definition) is 4. The van der Waals surface area contributed by atoms with Gasteiger partial charge in [-0.2, -0.15) is 0 Å².